The van der Waals surface area contributed by atoms with Gasteiger partial charge < -0.3 is 5.11 Å². The third kappa shape index (κ3) is 3.85. The largest absolute Gasteiger partial charge is 0.384 e. The molecule has 2 rings (SSSR count). The van der Waals surface area contributed by atoms with Crippen LogP contribution in [0.2, 0.25) is 0 Å². The molecule has 1 aliphatic heterocycles. The van der Waals surface area contributed by atoms with Crippen molar-refractivity contribution in [2.24, 2.45) is 5.92 Å². The second-order valence-electron chi connectivity index (χ2n) is 4.71. The van der Waals surface area contributed by atoms with Crippen LogP contribution in [0.15, 0.2) is 12.1 Å². The Kier molecular flexibility index (Phi) is 4.61. The van der Waals surface area contributed by atoms with E-state index in [-0.39, 0.29) is 6.61 Å². The SMILES string of the molecule is CC1CCCN(Cc2ccc(C#CCO)s2)C1. The fraction of sp³-hybridized carbons (Fsp3) is 0.571. The van der Waals surface area contributed by atoms with Crippen molar-refractivity contribution >= 4 is 11.3 Å². The molecule has 0 bridgehead atoms. The highest BCUT2D eigenvalue weighted by atomic mass is 32.1. The van der Waals surface area contributed by atoms with Crippen LogP contribution in [0.3, 0.4) is 0 Å². The van der Waals surface area contributed by atoms with Crippen LogP contribution in [0.5, 0.6) is 0 Å². The number of rotatable bonds is 2. The molecule has 0 aromatic carbocycles. The topological polar surface area (TPSA) is 23.5 Å². The van der Waals surface area contributed by atoms with Gasteiger partial charge >= 0.3 is 0 Å². The van der Waals surface area contributed by atoms with Gasteiger partial charge in [-0.25, -0.2) is 0 Å². The van der Waals surface area contributed by atoms with Crippen molar-refractivity contribution in [3.63, 3.8) is 0 Å². The highest BCUT2D eigenvalue weighted by Crippen LogP contribution is 2.21. The zero-order valence-electron chi connectivity index (χ0n) is 10.3. The fourth-order valence-corrected chi connectivity index (χ4v) is 3.23. The zero-order valence-corrected chi connectivity index (χ0v) is 11.1. The van der Waals surface area contributed by atoms with E-state index in [1.54, 1.807) is 11.3 Å². The highest BCUT2D eigenvalue weighted by molar-refractivity contribution is 7.12. The van der Waals surface area contributed by atoms with Crippen molar-refractivity contribution in [1.29, 1.82) is 0 Å². The number of nitrogens with zero attached hydrogens (tertiary/aromatic N) is 1. The predicted molar refractivity (Wildman–Crippen MR) is 72.0 cm³/mol. The molecular weight excluding hydrogens is 230 g/mol. The molecule has 2 nitrogen and oxygen atoms in total. The summed E-state index contributed by atoms with van der Waals surface area (Å²) in [6.45, 7) is 5.76. The summed E-state index contributed by atoms with van der Waals surface area (Å²) in [5.41, 5.74) is 0. The molecule has 17 heavy (non-hydrogen) atoms. The molecule has 1 saturated heterocycles. The number of hydrogen-bond donors (Lipinski definition) is 1. The lowest BCUT2D eigenvalue weighted by Gasteiger charge is -2.30. The van der Waals surface area contributed by atoms with Gasteiger partial charge in [0.2, 0.25) is 0 Å². The minimum Gasteiger partial charge on any atom is -0.384 e. The summed E-state index contributed by atoms with van der Waals surface area (Å²) in [6.07, 6.45) is 2.69. The van der Waals surface area contributed by atoms with E-state index in [0.717, 1.165) is 17.3 Å². The Balaban J connectivity index is 1.92. The molecule has 92 valence electrons. The first-order valence-corrected chi connectivity index (χ1v) is 7.00. The molecule has 0 amide bonds. The molecule has 0 aliphatic carbocycles. The second kappa shape index (κ2) is 6.20. The van der Waals surface area contributed by atoms with Gasteiger partial charge in [0.15, 0.2) is 0 Å². The molecule has 1 fully saturated rings. The Morgan fingerprint density at radius 1 is 1.53 bits per heavy atom. The van der Waals surface area contributed by atoms with Crippen LogP contribution in [0.25, 0.3) is 0 Å². The van der Waals surface area contributed by atoms with Crippen molar-refractivity contribution in [2.75, 3.05) is 19.7 Å². The Morgan fingerprint density at radius 2 is 2.41 bits per heavy atom. The van der Waals surface area contributed by atoms with Crippen LogP contribution >= 0.6 is 11.3 Å². The van der Waals surface area contributed by atoms with Gasteiger partial charge in [-0.15, -0.1) is 11.3 Å². The van der Waals surface area contributed by atoms with Gasteiger partial charge in [0, 0.05) is 18.0 Å². The van der Waals surface area contributed by atoms with Crippen LogP contribution in [0, 0.1) is 17.8 Å². The Bertz CT molecular complexity index is 415. The molecule has 0 radical (unpaired) electrons. The minimum absolute atomic E-state index is 0.0587. The third-order valence-electron chi connectivity index (χ3n) is 3.07. The van der Waals surface area contributed by atoms with Crippen LogP contribution < -0.4 is 0 Å². The lowest BCUT2D eigenvalue weighted by atomic mass is 10.0. The fourth-order valence-electron chi connectivity index (χ4n) is 2.31. The maximum Gasteiger partial charge on any atom is 0.104 e. The monoisotopic (exact) mass is 249 g/mol. The Hall–Kier alpha value is -0.820. The number of likely N-dealkylation sites (tertiary alicyclic amines) is 1. The predicted octanol–water partition coefficient (Wildman–Crippen LogP) is 2.32. The molecular formula is C14H19NOS. The van der Waals surface area contributed by atoms with E-state index in [9.17, 15) is 0 Å². The summed E-state index contributed by atoms with van der Waals surface area (Å²) in [5, 5.41) is 8.65. The van der Waals surface area contributed by atoms with E-state index < -0.39 is 0 Å². The minimum atomic E-state index is -0.0587. The van der Waals surface area contributed by atoms with E-state index in [1.165, 1.54) is 30.8 Å². The quantitative estimate of drug-likeness (QED) is 0.813. The first-order chi connectivity index (χ1) is 8.28. The summed E-state index contributed by atoms with van der Waals surface area (Å²) in [6, 6.07) is 4.21. The summed E-state index contributed by atoms with van der Waals surface area (Å²) in [7, 11) is 0. The van der Waals surface area contributed by atoms with E-state index in [4.69, 9.17) is 5.11 Å². The number of hydrogen-bond acceptors (Lipinski definition) is 3. The van der Waals surface area contributed by atoms with Gasteiger partial charge in [-0.05, 0) is 37.4 Å². The molecule has 1 aromatic heterocycles. The highest BCUT2D eigenvalue weighted by Gasteiger charge is 2.16. The lowest BCUT2D eigenvalue weighted by Crippen LogP contribution is -2.33. The summed E-state index contributed by atoms with van der Waals surface area (Å²) >= 11 is 1.74. The second-order valence-corrected chi connectivity index (χ2v) is 5.88. The lowest BCUT2D eigenvalue weighted by molar-refractivity contribution is 0.178. The molecule has 0 spiro atoms. The molecule has 1 aromatic rings. The summed E-state index contributed by atoms with van der Waals surface area (Å²) < 4.78 is 0. The first-order valence-electron chi connectivity index (χ1n) is 6.18. The van der Waals surface area contributed by atoms with E-state index >= 15 is 0 Å². The molecule has 1 N–H and O–H groups in total. The van der Waals surface area contributed by atoms with Crippen LogP contribution in [-0.4, -0.2) is 29.7 Å². The standard InChI is InChI=1S/C14H19NOS/c1-12-4-2-8-15(10-12)11-14-7-6-13(17-14)5-3-9-16/h6-7,12,16H,2,4,8-11H2,1H3. The smallest absolute Gasteiger partial charge is 0.104 e. The number of aliphatic hydroxyl groups is 1. The van der Waals surface area contributed by atoms with E-state index in [0.29, 0.717) is 0 Å². The van der Waals surface area contributed by atoms with Crippen molar-refractivity contribution in [1.82, 2.24) is 4.90 Å². The molecule has 2 heterocycles. The molecule has 1 atom stereocenters. The zero-order chi connectivity index (χ0) is 12.1. The first kappa shape index (κ1) is 12.6. The van der Waals surface area contributed by atoms with E-state index in [1.807, 2.05) is 0 Å². The average molecular weight is 249 g/mol. The molecule has 0 saturated carbocycles. The molecule has 1 aliphatic rings. The normalized spacial score (nSPS) is 20.9. The summed E-state index contributed by atoms with van der Waals surface area (Å²) in [4.78, 5) is 4.96. The van der Waals surface area contributed by atoms with Gasteiger partial charge in [0.25, 0.3) is 0 Å². The maximum absolute atomic E-state index is 8.65. The van der Waals surface area contributed by atoms with Gasteiger partial charge in [-0.1, -0.05) is 18.8 Å². The van der Waals surface area contributed by atoms with Crippen LogP contribution in [0.4, 0.5) is 0 Å². The summed E-state index contributed by atoms with van der Waals surface area (Å²) in [5.74, 6) is 6.48. The third-order valence-corrected chi connectivity index (χ3v) is 4.06. The molecule has 1 unspecified atom stereocenters. The van der Waals surface area contributed by atoms with Crippen molar-refractivity contribution in [3.05, 3.63) is 21.9 Å². The van der Waals surface area contributed by atoms with Gasteiger partial charge in [-0.3, -0.25) is 4.90 Å². The van der Waals surface area contributed by atoms with E-state index in [2.05, 4.69) is 35.8 Å². The maximum atomic E-state index is 8.65. The Morgan fingerprint density at radius 3 is 3.18 bits per heavy atom. The van der Waals surface area contributed by atoms with Crippen molar-refractivity contribution < 1.29 is 5.11 Å². The Labute approximate surface area is 107 Å². The average Bonchev–Trinajstić information content (AvgIpc) is 2.74. The van der Waals surface area contributed by atoms with Crippen LogP contribution in [0.1, 0.15) is 29.5 Å². The van der Waals surface area contributed by atoms with Gasteiger partial charge in [0.1, 0.15) is 6.61 Å². The number of thiophene rings is 1. The molecule has 3 heteroatoms. The van der Waals surface area contributed by atoms with Gasteiger partial charge in [0.05, 0.1) is 4.88 Å². The number of piperidine rings is 1. The van der Waals surface area contributed by atoms with Crippen molar-refractivity contribution in [2.45, 2.75) is 26.3 Å². The number of aliphatic hydroxyl groups excluding tert-OH is 1. The van der Waals surface area contributed by atoms with Crippen LogP contribution in [-0.2, 0) is 6.54 Å². The van der Waals surface area contributed by atoms with Gasteiger partial charge in [-0.2, -0.15) is 0 Å². The van der Waals surface area contributed by atoms with Crippen molar-refractivity contribution in [3.8, 4) is 11.8 Å².